The standard InChI is InChI=1S/C5H9O2.C2HF3O2.2ClH.Sn/c1-3-5(6)7-4-2;3-2(4,5)1(6)7;;;/h1,3-4H2,2H3;(H,6,7);2*1H;/q;;;;+3/p-3. The molecule has 0 aliphatic carbocycles. The first-order valence-corrected chi connectivity index (χ1v) is 13.5. The summed E-state index contributed by atoms with van der Waals surface area (Å²) in [7, 11) is 11.2. The van der Waals surface area contributed by atoms with Crippen LogP contribution in [0.15, 0.2) is 0 Å². The van der Waals surface area contributed by atoms with Gasteiger partial charge in [0.2, 0.25) is 0 Å². The maximum Gasteiger partial charge on any atom is 0.430 e. The van der Waals surface area contributed by atoms with Crippen LogP contribution in [0.2, 0.25) is 4.44 Å². The van der Waals surface area contributed by atoms with Gasteiger partial charge in [0.25, 0.3) is 0 Å². The summed E-state index contributed by atoms with van der Waals surface area (Å²) >= 11 is -2.08. The molecular weight excluding hydrogens is 395 g/mol. The molecule has 0 aromatic carbocycles. The number of ether oxygens (including phenoxy) is 1. The molecule has 0 fully saturated rings. The molecule has 0 aromatic rings. The van der Waals surface area contributed by atoms with Gasteiger partial charge in [0.05, 0.1) is 0 Å². The molecule has 0 aliphatic heterocycles. The maximum atomic E-state index is 10.6. The zero-order valence-electron chi connectivity index (χ0n) is 8.64. The molecule has 100 valence electrons. The van der Waals surface area contributed by atoms with E-state index in [0.717, 1.165) is 0 Å². The molecule has 0 rings (SSSR count). The number of halogens is 5. The minimum atomic E-state index is -5.19. The Balaban J connectivity index is 0. The average molecular weight is 404 g/mol. The molecule has 0 aromatic heterocycles. The number of carbonyl (C=O) groups is 2. The van der Waals surface area contributed by atoms with Gasteiger partial charge in [-0.3, -0.25) is 0 Å². The number of rotatable bonds is 4. The predicted molar refractivity (Wildman–Crippen MR) is 54.6 cm³/mol. The number of carboxylic acids is 1. The fourth-order valence-electron chi connectivity index (χ4n) is 0.430. The third-order valence-corrected chi connectivity index (χ3v) is 5.38. The number of carboxylic acid groups (broad SMARTS) is 1. The number of hydrogen-bond acceptors (Lipinski definition) is 4. The molecule has 4 nitrogen and oxygen atoms in total. The quantitative estimate of drug-likeness (QED) is 0.523. The van der Waals surface area contributed by atoms with Gasteiger partial charge in [0.1, 0.15) is 5.97 Å². The smallest absolute Gasteiger partial charge is 0.430 e. The van der Waals surface area contributed by atoms with Gasteiger partial charge in [-0.05, 0) is 0 Å². The second-order valence-corrected chi connectivity index (χ2v) is 13.2. The van der Waals surface area contributed by atoms with Crippen molar-refractivity contribution in [1.29, 1.82) is 0 Å². The molecule has 17 heavy (non-hydrogen) atoms. The summed E-state index contributed by atoms with van der Waals surface area (Å²) in [5, 5.41) is 8.78. The van der Waals surface area contributed by atoms with Crippen molar-refractivity contribution >= 4 is 47.3 Å². The van der Waals surface area contributed by atoms with E-state index in [-0.39, 0.29) is 5.97 Å². The third kappa shape index (κ3) is 16.1. The van der Waals surface area contributed by atoms with Crippen LogP contribution in [-0.2, 0) is 14.3 Å². The Morgan fingerprint density at radius 3 is 2.00 bits per heavy atom. The summed E-state index contributed by atoms with van der Waals surface area (Å²) in [4.78, 5) is 19.4. The Labute approximate surface area is 110 Å². The van der Waals surface area contributed by atoms with Crippen LogP contribution in [-0.4, -0.2) is 42.2 Å². The van der Waals surface area contributed by atoms with Crippen molar-refractivity contribution in [2.45, 2.75) is 24.0 Å². The Hall–Kier alpha value is 0.109. The van der Waals surface area contributed by atoms with Gasteiger partial charge in [0, 0.05) is 0 Å². The van der Waals surface area contributed by atoms with Crippen molar-refractivity contribution in [1.82, 2.24) is 0 Å². The van der Waals surface area contributed by atoms with E-state index < -0.39 is 29.7 Å². The summed E-state index contributed by atoms with van der Waals surface area (Å²) in [6.45, 7) is 2.21. The van der Waals surface area contributed by atoms with Gasteiger partial charge in [0.15, 0.2) is 0 Å². The Morgan fingerprint density at radius 2 is 1.76 bits per heavy atom. The van der Waals surface area contributed by atoms with Gasteiger partial charge in [-0.1, -0.05) is 0 Å². The molecular formula is C7H9Cl2F3O4Sn. The summed E-state index contributed by atoms with van der Waals surface area (Å²) < 4.78 is 36.9. The van der Waals surface area contributed by atoms with E-state index in [1.807, 2.05) is 0 Å². The van der Waals surface area contributed by atoms with Crippen molar-refractivity contribution in [2.75, 3.05) is 6.61 Å². The number of carbonyl (C=O) groups excluding carboxylic acids is 2. The van der Waals surface area contributed by atoms with Crippen molar-refractivity contribution in [3.8, 4) is 0 Å². The van der Waals surface area contributed by atoms with Crippen molar-refractivity contribution < 1.29 is 32.6 Å². The Morgan fingerprint density at radius 1 is 1.35 bits per heavy atom. The molecule has 0 saturated heterocycles. The van der Waals surface area contributed by atoms with Crippen LogP contribution >= 0.6 is 17.8 Å². The van der Waals surface area contributed by atoms with Gasteiger partial charge < -0.3 is 9.90 Å². The fourth-order valence-corrected chi connectivity index (χ4v) is 2.82. The van der Waals surface area contributed by atoms with Crippen LogP contribution in [0.25, 0.3) is 0 Å². The molecule has 0 spiro atoms. The van der Waals surface area contributed by atoms with Gasteiger partial charge in [-0.2, -0.15) is 13.2 Å². The SMILES string of the molecule is CCOC(=O)C[CH2][Sn+]([Cl])[Cl].O=C([O-])C(F)(F)F. The molecule has 0 aliphatic rings. The van der Waals surface area contributed by atoms with E-state index in [4.69, 9.17) is 27.7 Å². The maximum absolute atomic E-state index is 10.6. The van der Waals surface area contributed by atoms with Crippen LogP contribution in [0, 0.1) is 0 Å². The van der Waals surface area contributed by atoms with Gasteiger partial charge in [-0.15, -0.1) is 0 Å². The molecule has 10 heteroatoms. The number of aliphatic carboxylic acids is 1. The first-order chi connectivity index (χ1) is 7.61. The molecule has 0 N–H and O–H groups in total. The van der Waals surface area contributed by atoms with Crippen molar-refractivity contribution in [3.05, 3.63) is 0 Å². The topological polar surface area (TPSA) is 66.4 Å². The molecule has 0 bridgehead atoms. The summed E-state index contributed by atoms with van der Waals surface area (Å²) in [5.41, 5.74) is 0. The predicted octanol–water partition coefficient (Wildman–Crippen LogP) is 1.20. The first-order valence-electron chi connectivity index (χ1n) is 4.21. The van der Waals surface area contributed by atoms with E-state index >= 15 is 0 Å². The number of esters is 1. The largest absolute Gasteiger partial charge is 0.542 e. The summed E-state index contributed by atoms with van der Waals surface area (Å²) in [6, 6.07) is 0. The van der Waals surface area contributed by atoms with Crippen LogP contribution in [0.1, 0.15) is 13.3 Å². The molecule has 0 saturated carbocycles. The second-order valence-electron chi connectivity index (χ2n) is 2.43. The molecule has 0 heterocycles. The third-order valence-electron chi connectivity index (χ3n) is 1.05. The van der Waals surface area contributed by atoms with E-state index in [2.05, 4.69) is 4.74 Å². The average Bonchev–Trinajstić information content (AvgIpc) is 2.14. The van der Waals surface area contributed by atoms with E-state index in [0.29, 0.717) is 17.5 Å². The van der Waals surface area contributed by atoms with Crippen molar-refractivity contribution in [2.24, 2.45) is 0 Å². The Bertz CT molecular complexity index is 248. The van der Waals surface area contributed by atoms with Crippen LogP contribution in [0.4, 0.5) is 13.2 Å². The minimum absolute atomic E-state index is 0.193. The fraction of sp³-hybridized carbons (Fsp3) is 0.714. The number of hydrogen-bond donors (Lipinski definition) is 0. The summed E-state index contributed by atoms with van der Waals surface area (Å²) in [6.07, 6.45) is -4.81. The van der Waals surface area contributed by atoms with Crippen LogP contribution < -0.4 is 5.11 Å². The van der Waals surface area contributed by atoms with Crippen molar-refractivity contribution in [3.63, 3.8) is 0 Å². The minimum Gasteiger partial charge on any atom is -0.542 e. The number of alkyl halides is 3. The molecule has 0 radical (unpaired) electrons. The second kappa shape index (κ2) is 10.1. The summed E-state index contributed by atoms with van der Waals surface area (Å²) in [5.74, 6) is -3.20. The normalized spacial score (nSPS) is 10.0. The monoisotopic (exact) mass is 404 g/mol. The van der Waals surface area contributed by atoms with Crippen LogP contribution in [0.5, 0.6) is 0 Å². The Kier molecular flexibility index (Phi) is 11.5. The molecule has 0 amide bonds. The van der Waals surface area contributed by atoms with E-state index in [1.165, 1.54) is 0 Å². The van der Waals surface area contributed by atoms with Crippen LogP contribution in [0.3, 0.4) is 0 Å². The zero-order valence-corrected chi connectivity index (χ0v) is 13.0. The van der Waals surface area contributed by atoms with Gasteiger partial charge >= 0.3 is 81.4 Å². The van der Waals surface area contributed by atoms with E-state index in [9.17, 15) is 18.0 Å². The van der Waals surface area contributed by atoms with E-state index in [1.54, 1.807) is 6.92 Å². The first kappa shape index (κ1) is 19.4. The van der Waals surface area contributed by atoms with Gasteiger partial charge in [-0.25, -0.2) is 0 Å². The molecule has 0 atom stereocenters. The molecule has 0 unspecified atom stereocenters. The zero-order chi connectivity index (χ0) is 14.1.